The smallest absolute Gasteiger partial charge is 0.407 e. The number of rotatable bonds is 3. The van der Waals surface area contributed by atoms with Gasteiger partial charge in [0.25, 0.3) is 0 Å². The van der Waals surface area contributed by atoms with E-state index in [1.807, 2.05) is 0 Å². The summed E-state index contributed by atoms with van der Waals surface area (Å²) in [5.74, 6) is -0.318. The van der Waals surface area contributed by atoms with E-state index in [4.69, 9.17) is 4.74 Å². The lowest BCUT2D eigenvalue weighted by atomic mass is 10.2. The Hall–Kier alpha value is -0.580. The first-order valence-electron chi connectivity index (χ1n) is 4.22. The highest BCUT2D eigenvalue weighted by Crippen LogP contribution is 2.06. The third-order valence-electron chi connectivity index (χ3n) is 1.10. The number of amides is 1. The Kier molecular flexibility index (Phi) is 5.76. The summed E-state index contributed by atoms with van der Waals surface area (Å²) in [5.41, 5.74) is -0.526. The van der Waals surface area contributed by atoms with Gasteiger partial charge in [0.05, 0.1) is 5.33 Å². The van der Waals surface area contributed by atoms with Gasteiger partial charge in [-0.3, -0.25) is 0 Å². The third kappa shape index (κ3) is 8.04. The first-order chi connectivity index (χ1) is 6.35. The fourth-order valence-electron chi connectivity index (χ4n) is 0.614. The summed E-state index contributed by atoms with van der Waals surface area (Å²) in [6.07, 6.45) is 0.731. The first-order valence-corrected chi connectivity index (χ1v) is 5.34. The predicted octanol–water partition coefficient (Wildman–Crippen LogP) is 2.76. The summed E-state index contributed by atoms with van der Waals surface area (Å²) in [6, 6.07) is 0. The van der Waals surface area contributed by atoms with E-state index < -0.39 is 11.7 Å². The Morgan fingerprint density at radius 2 is 2.14 bits per heavy atom. The topological polar surface area (TPSA) is 38.3 Å². The summed E-state index contributed by atoms with van der Waals surface area (Å²) in [7, 11) is 0. The second-order valence-corrected chi connectivity index (χ2v) is 4.23. The zero-order chi connectivity index (χ0) is 11.2. The lowest BCUT2D eigenvalue weighted by molar-refractivity contribution is 0.0534. The zero-order valence-corrected chi connectivity index (χ0v) is 10.1. The van der Waals surface area contributed by atoms with Crippen molar-refractivity contribution < 1.29 is 13.9 Å². The van der Waals surface area contributed by atoms with Gasteiger partial charge in [0.2, 0.25) is 0 Å². The molecule has 0 rings (SSSR count). The largest absolute Gasteiger partial charge is 0.444 e. The predicted molar refractivity (Wildman–Crippen MR) is 57.2 cm³/mol. The van der Waals surface area contributed by atoms with E-state index in [0.29, 0.717) is 0 Å². The van der Waals surface area contributed by atoms with Gasteiger partial charge in [-0.15, -0.1) is 0 Å². The van der Waals surface area contributed by atoms with E-state index in [-0.39, 0.29) is 17.7 Å². The molecule has 0 aliphatic heterocycles. The molecule has 1 amide bonds. The standard InChI is InChI=1S/C9H15BrFNO2/c1-9(2,3)14-8(13)12-5-4-7(11)6-10/h4H,5-6H2,1-3H3,(H,12,13)/b7-4-. The molecule has 5 heteroatoms. The van der Waals surface area contributed by atoms with Crippen molar-refractivity contribution in [3.8, 4) is 0 Å². The number of alkyl carbamates (subject to hydrolysis) is 1. The van der Waals surface area contributed by atoms with Crippen molar-refractivity contribution in [1.29, 1.82) is 0 Å². The highest BCUT2D eigenvalue weighted by Gasteiger charge is 2.15. The molecule has 0 spiro atoms. The summed E-state index contributed by atoms with van der Waals surface area (Å²) in [5, 5.41) is 2.56. The van der Waals surface area contributed by atoms with Crippen LogP contribution in [0.5, 0.6) is 0 Å². The number of carbonyl (C=O) groups is 1. The Morgan fingerprint density at radius 1 is 1.57 bits per heavy atom. The molecule has 0 aromatic carbocycles. The number of nitrogens with one attached hydrogen (secondary N) is 1. The number of carbonyl (C=O) groups excluding carboxylic acids is 1. The van der Waals surface area contributed by atoms with Crippen LogP contribution in [0.2, 0.25) is 0 Å². The number of hydrogen-bond donors (Lipinski definition) is 1. The molecule has 0 aliphatic rings. The van der Waals surface area contributed by atoms with E-state index in [9.17, 15) is 9.18 Å². The second kappa shape index (κ2) is 6.01. The Balaban J connectivity index is 3.76. The molecular weight excluding hydrogens is 253 g/mol. The van der Waals surface area contributed by atoms with Gasteiger partial charge in [-0.05, 0) is 26.8 Å². The average Bonchev–Trinajstić information content (AvgIpc) is 2.00. The lowest BCUT2D eigenvalue weighted by Crippen LogP contribution is -2.32. The molecule has 14 heavy (non-hydrogen) atoms. The van der Waals surface area contributed by atoms with Crippen LogP contribution in [0.3, 0.4) is 0 Å². The maximum atomic E-state index is 12.5. The van der Waals surface area contributed by atoms with Gasteiger partial charge in [-0.1, -0.05) is 15.9 Å². The zero-order valence-electron chi connectivity index (χ0n) is 8.56. The fourth-order valence-corrected chi connectivity index (χ4v) is 0.843. The highest BCUT2D eigenvalue weighted by atomic mass is 79.9. The van der Waals surface area contributed by atoms with Crippen LogP contribution in [0.15, 0.2) is 11.9 Å². The minimum absolute atomic E-state index is 0.131. The van der Waals surface area contributed by atoms with Crippen molar-refractivity contribution in [1.82, 2.24) is 5.32 Å². The molecule has 0 aromatic rings. The number of hydrogen-bond acceptors (Lipinski definition) is 2. The molecule has 0 unspecified atom stereocenters. The number of halogens is 2. The Labute approximate surface area is 91.8 Å². The average molecular weight is 268 g/mol. The Morgan fingerprint density at radius 3 is 2.57 bits per heavy atom. The molecule has 0 fully saturated rings. The molecule has 3 nitrogen and oxygen atoms in total. The molecule has 0 radical (unpaired) electrons. The van der Waals surface area contributed by atoms with E-state index in [0.717, 1.165) is 0 Å². The monoisotopic (exact) mass is 267 g/mol. The van der Waals surface area contributed by atoms with Gasteiger partial charge in [0.1, 0.15) is 11.4 Å². The summed E-state index contributed by atoms with van der Waals surface area (Å²) in [6.45, 7) is 5.43. The van der Waals surface area contributed by atoms with Gasteiger partial charge in [0, 0.05) is 6.54 Å². The summed E-state index contributed by atoms with van der Waals surface area (Å²) in [4.78, 5) is 11.0. The number of allylic oxidation sites excluding steroid dienone is 1. The van der Waals surface area contributed by atoms with Crippen LogP contribution >= 0.6 is 15.9 Å². The quantitative estimate of drug-likeness (QED) is 0.799. The molecule has 0 bridgehead atoms. The van der Waals surface area contributed by atoms with Crippen LogP contribution in [0.25, 0.3) is 0 Å². The molecule has 0 aliphatic carbocycles. The normalized spacial score (nSPS) is 12.5. The molecule has 0 aromatic heterocycles. The first kappa shape index (κ1) is 13.4. The van der Waals surface area contributed by atoms with Crippen molar-refractivity contribution in [3.05, 3.63) is 11.9 Å². The second-order valence-electron chi connectivity index (χ2n) is 3.67. The van der Waals surface area contributed by atoms with Gasteiger partial charge in [0.15, 0.2) is 0 Å². The van der Waals surface area contributed by atoms with Gasteiger partial charge in [-0.2, -0.15) is 0 Å². The summed E-state index contributed by atoms with van der Waals surface area (Å²) >= 11 is 2.94. The number of ether oxygens (including phenoxy) is 1. The van der Waals surface area contributed by atoms with Crippen LogP contribution < -0.4 is 5.32 Å². The maximum Gasteiger partial charge on any atom is 0.407 e. The Bertz CT molecular complexity index is 223. The molecule has 0 heterocycles. The van der Waals surface area contributed by atoms with Crippen LogP contribution in [0.4, 0.5) is 9.18 Å². The maximum absolute atomic E-state index is 12.5. The SMILES string of the molecule is CC(C)(C)OC(=O)NC/C=C(\F)CBr. The van der Waals surface area contributed by atoms with Gasteiger partial charge < -0.3 is 10.1 Å². The molecular formula is C9H15BrFNO2. The molecule has 0 saturated heterocycles. The molecule has 0 saturated carbocycles. The number of alkyl halides is 1. The van der Waals surface area contributed by atoms with Crippen molar-refractivity contribution in [2.24, 2.45) is 0 Å². The van der Waals surface area contributed by atoms with Crippen molar-refractivity contribution in [2.75, 3.05) is 11.9 Å². The lowest BCUT2D eigenvalue weighted by Gasteiger charge is -2.19. The van der Waals surface area contributed by atoms with E-state index in [1.54, 1.807) is 20.8 Å². The van der Waals surface area contributed by atoms with Crippen molar-refractivity contribution in [3.63, 3.8) is 0 Å². The molecule has 0 atom stereocenters. The highest BCUT2D eigenvalue weighted by molar-refractivity contribution is 9.09. The van der Waals surface area contributed by atoms with Gasteiger partial charge in [-0.25, -0.2) is 9.18 Å². The summed E-state index contributed by atoms with van der Waals surface area (Å²) < 4.78 is 17.5. The van der Waals surface area contributed by atoms with E-state index >= 15 is 0 Å². The third-order valence-corrected chi connectivity index (χ3v) is 1.63. The van der Waals surface area contributed by atoms with E-state index in [2.05, 4.69) is 21.2 Å². The van der Waals surface area contributed by atoms with Crippen LogP contribution in [-0.2, 0) is 4.74 Å². The minimum atomic E-state index is -0.545. The van der Waals surface area contributed by atoms with Crippen LogP contribution in [-0.4, -0.2) is 23.6 Å². The van der Waals surface area contributed by atoms with Crippen LogP contribution in [0.1, 0.15) is 20.8 Å². The molecule has 82 valence electrons. The van der Waals surface area contributed by atoms with Crippen molar-refractivity contribution >= 4 is 22.0 Å². The minimum Gasteiger partial charge on any atom is -0.444 e. The van der Waals surface area contributed by atoms with E-state index in [1.165, 1.54) is 6.08 Å². The molecule has 1 N–H and O–H groups in total. The van der Waals surface area contributed by atoms with Crippen molar-refractivity contribution in [2.45, 2.75) is 26.4 Å². The fraction of sp³-hybridized carbons (Fsp3) is 0.667. The van der Waals surface area contributed by atoms with Crippen LogP contribution in [0, 0.1) is 0 Å². The van der Waals surface area contributed by atoms with Gasteiger partial charge >= 0.3 is 6.09 Å².